The topological polar surface area (TPSA) is 85.9 Å². The third kappa shape index (κ3) is 5.74. The lowest BCUT2D eigenvalue weighted by Crippen LogP contribution is -2.46. The van der Waals surface area contributed by atoms with Gasteiger partial charge in [0.25, 0.3) is 0 Å². The molecule has 12 heteroatoms. The predicted octanol–water partition coefficient (Wildman–Crippen LogP) is 5.08. The van der Waals surface area contributed by atoms with Gasteiger partial charge >= 0.3 is 6.18 Å². The molecule has 2 aromatic carbocycles. The van der Waals surface area contributed by atoms with E-state index in [1.165, 1.54) is 0 Å². The number of methoxy groups -OCH3 is 1. The first-order valence-electron chi connectivity index (χ1n) is 13.6. The van der Waals surface area contributed by atoms with E-state index in [2.05, 4.69) is 37.3 Å². The molecule has 1 aromatic heterocycles. The minimum Gasteiger partial charge on any atom is -0.494 e. The van der Waals surface area contributed by atoms with Crippen LogP contribution in [0.2, 0.25) is 0 Å². The molecule has 5 rings (SSSR count). The minimum atomic E-state index is -4.66. The van der Waals surface area contributed by atoms with Crippen LogP contribution in [0.1, 0.15) is 36.5 Å². The summed E-state index contributed by atoms with van der Waals surface area (Å²) in [5.74, 6) is -0.281. The Morgan fingerprint density at radius 1 is 1.12 bits per heavy atom. The molecule has 0 spiro atoms. The quantitative estimate of drug-likeness (QED) is 0.389. The van der Waals surface area contributed by atoms with Crippen LogP contribution in [0.25, 0.3) is 0 Å². The van der Waals surface area contributed by atoms with E-state index in [-0.39, 0.29) is 30.1 Å². The molecule has 0 radical (unpaired) electrons. The number of piperazine rings is 1. The number of anilines is 5. The molecule has 3 heterocycles. The van der Waals surface area contributed by atoms with Gasteiger partial charge in [-0.05, 0) is 42.8 Å². The Balaban J connectivity index is 1.38. The summed E-state index contributed by atoms with van der Waals surface area (Å²) in [4.78, 5) is 26.9. The molecule has 1 amide bonds. The number of likely N-dealkylation sites (N-methyl/N-ethyl adjacent to an activating group) is 2. The van der Waals surface area contributed by atoms with E-state index in [0.29, 0.717) is 11.4 Å². The zero-order chi connectivity index (χ0) is 29.3. The van der Waals surface area contributed by atoms with Crippen molar-refractivity contribution >= 4 is 34.7 Å². The molecule has 0 saturated carbocycles. The second-order valence-electron chi connectivity index (χ2n) is 10.2. The summed E-state index contributed by atoms with van der Waals surface area (Å²) in [5.41, 5.74) is 2.84. The second kappa shape index (κ2) is 11.4. The number of amides is 1. The lowest BCUT2D eigenvalue weighted by Gasteiger charge is -2.35. The van der Waals surface area contributed by atoms with Gasteiger partial charge in [-0.15, -0.1) is 0 Å². The largest absolute Gasteiger partial charge is 0.494 e. The standard InChI is InChI=1S/C29H34F3N7O2/c1-5-38-11-13-39(14-12-38)20-9-10-22(24(15-20)41-4)35-28-34-17-21(29(30,31)32)26(36-28)33-16-19-7-6-8-23-25(19)18(2)27(40)37(23)3/h6-10,15,17-18H,5,11-14,16H2,1-4H3,(H2,33,34,35,36). The van der Waals surface area contributed by atoms with Crippen LogP contribution in [0, 0.1) is 0 Å². The number of benzene rings is 2. The lowest BCUT2D eigenvalue weighted by molar-refractivity contribution is -0.137. The monoisotopic (exact) mass is 569 g/mol. The number of ether oxygens (including phenoxy) is 1. The number of alkyl halides is 3. The minimum absolute atomic E-state index is 0.00956. The van der Waals surface area contributed by atoms with Gasteiger partial charge in [0.1, 0.15) is 17.1 Å². The molecule has 0 bridgehead atoms. The Morgan fingerprint density at radius 3 is 2.56 bits per heavy atom. The van der Waals surface area contributed by atoms with E-state index in [9.17, 15) is 18.0 Å². The molecule has 1 atom stereocenters. The van der Waals surface area contributed by atoms with Crippen molar-refractivity contribution in [2.24, 2.45) is 0 Å². The van der Waals surface area contributed by atoms with Crippen LogP contribution >= 0.6 is 0 Å². The van der Waals surface area contributed by atoms with Crippen LogP contribution in [0.4, 0.5) is 42.0 Å². The number of aromatic nitrogens is 2. The number of halogens is 3. The average molecular weight is 570 g/mol. The summed E-state index contributed by atoms with van der Waals surface area (Å²) >= 11 is 0. The molecule has 9 nitrogen and oxygen atoms in total. The highest BCUT2D eigenvalue weighted by molar-refractivity contribution is 6.04. The van der Waals surface area contributed by atoms with E-state index in [0.717, 1.165) is 61.4 Å². The fourth-order valence-corrected chi connectivity index (χ4v) is 5.46. The second-order valence-corrected chi connectivity index (χ2v) is 10.2. The normalized spacial score (nSPS) is 17.5. The van der Waals surface area contributed by atoms with Crippen LogP contribution in [-0.4, -0.2) is 67.7 Å². The molecule has 3 aromatic rings. The number of nitrogens with one attached hydrogen (secondary N) is 2. The van der Waals surface area contributed by atoms with Gasteiger partial charge in [0.15, 0.2) is 0 Å². The van der Waals surface area contributed by atoms with Crippen LogP contribution in [-0.2, 0) is 17.5 Å². The number of nitrogens with zero attached hydrogens (tertiary/aromatic N) is 5. The van der Waals surface area contributed by atoms with E-state index in [4.69, 9.17) is 4.74 Å². The molecule has 41 heavy (non-hydrogen) atoms. The zero-order valence-corrected chi connectivity index (χ0v) is 23.5. The fraction of sp³-hybridized carbons (Fsp3) is 0.414. The van der Waals surface area contributed by atoms with Crippen molar-refractivity contribution in [3.8, 4) is 5.75 Å². The molecular weight excluding hydrogens is 535 g/mol. The van der Waals surface area contributed by atoms with Crippen molar-refractivity contribution in [1.82, 2.24) is 14.9 Å². The summed E-state index contributed by atoms with van der Waals surface area (Å²) < 4.78 is 47.2. The predicted molar refractivity (Wildman–Crippen MR) is 153 cm³/mol. The third-order valence-corrected chi connectivity index (χ3v) is 7.83. The van der Waals surface area contributed by atoms with Crippen molar-refractivity contribution in [3.05, 3.63) is 59.3 Å². The average Bonchev–Trinajstić information content (AvgIpc) is 3.20. The molecule has 2 aliphatic heterocycles. The number of hydrogen-bond acceptors (Lipinski definition) is 8. The van der Waals surface area contributed by atoms with Crippen LogP contribution in [0.15, 0.2) is 42.6 Å². The maximum Gasteiger partial charge on any atom is 0.421 e. The van der Waals surface area contributed by atoms with E-state index >= 15 is 0 Å². The maximum absolute atomic E-state index is 13.9. The van der Waals surface area contributed by atoms with Crippen LogP contribution in [0.3, 0.4) is 0 Å². The Kier molecular flexibility index (Phi) is 7.94. The summed E-state index contributed by atoms with van der Waals surface area (Å²) in [5, 5.41) is 5.86. The summed E-state index contributed by atoms with van der Waals surface area (Å²) in [7, 11) is 3.24. The van der Waals surface area contributed by atoms with E-state index < -0.39 is 11.7 Å². The van der Waals surface area contributed by atoms with E-state index in [1.807, 2.05) is 24.3 Å². The number of rotatable bonds is 8. The number of hydrogen-bond donors (Lipinski definition) is 2. The van der Waals surface area contributed by atoms with Crippen molar-refractivity contribution < 1.29 is 22.7 Å². The molecule has 218 valence electrons. The first-order chi connectivity index (χ1) is 19.6. The van der Waals surface area contributed by atoms with E-state index in [1.54, 1.807) is 38.1 Å². The van der Waals surface area contributed by atoms with Gasteiger partial charge in [-0.25, -0.2) is 4.98 Å². The van der Waals surface area contributed by atoms with Gasteiger partial charge in [0.05, 0.1) is 18.7 Å². The smallest absolute Gasteiger partial charge is 0.421 e. The Labute approximate surface area is 237 Å². The highest BCUT2D eigenvalue weighted by Crippen LogP contribution is 2.40. The number of carbonyl (C=O) groups excluding carboxylic acids is 1. The van der Waals surface area contributed by atoms with Crippen molar-refractivity contribution in [2.45, 2.75) is 32.5 Å². The van der Waals surface area contributed by atoms with Crippen LogP contribution in [0.5, 0.6) is 5.75 Å². The first-order valence-corrected chi connectivity index (χ1v) is 13.6. The molecule has 1 saturated heterocycles. The van der Waals surface area contributed by atoms with Gasteiger partial charge in [0, 0.05) is 63.4 Å². The van der Waals surface area contributed by atoms with Gasteiger partial charge in [-0.2, -0.15) is 18.2 Å². The van der Waals surface area contributed by atoms with Gasteiger partial charge in [-0.1, -0.05) is 19.1 Å². The maximum atomic E-state index is 13.9. The summed E-state index contributed by atoms with van der Waals surface area (Å²) in [6.07, 6.45) is -3.90. The first kappa shape index (κ1) is 28.5. The third-order valence-electron chi connectivity index (χ3n) is 7.83. The molecule has 0 aliphatic carbocycles. The number of carbonyl (C=O) groups is 1. The van der Waals surface area contributed by atoms with Crippen molar-refractivity contribution in [1.29, 1.82) is 0 Å². The highest BCUT2D eigenvalue weighted by Gasteiger charge is 2.36. The molecule has 2 N–H and O–H groups in total. The number of fused-ring (bicyclic) bond motifs is 1. The Morgan fingerprint density at radius 2 is 1.88 bits per heavy atom. The van der Waals surface area contributed by atoms with Gasteiger partial charge in [0.2, 0.25) is 11.9 Å². The SMILES string of the molecule is CCN1CCN(c2ccc(Nc3ncc(C(F)(F)F)c(NCc4cccc5c4C(C)C(=O)N5C)n3)c(OC)c2)CC1. The lowest BCUT2D eigenvalue weighted by atomic mass is 9.97. The molecular formula is C29H34F3N7O2. The fourth-order valence-electron chi connectivity index (χ4n) is 5.46. The van der Waals surface area contributed by atoms with Crippen molar-refractivity contribution in [2.75, 3.05) is 67.3 Å². The Hall–Kier alpha value is -4.06. The van der Waals surface area contributed by atoms with Gasteiger partial charge in [-0.3, -0.25) is 4.79 Å². The summed E-state index contributed by atoms with van der Waals surface area (Å²) in [6, 6.07) is 11.1. The Bertz CT molecular complexity index is 1420. The van der Waals surface area contributed by atoms with Crippen LogP contribution < -0.4 is 25.2 Å². The zero-order valence-electron chi connectivity index (χ0n) is 23.5. The summed E-state index contributed by atoms with van der Waals surface area (Å²) in [6.45, 7) is 8.77. The highest BCUT2D eigenvalue weighted by atomic mass is 19.4. The molecule has 1 unspecified atom stereocenters. The van der Waals surface area contributed by atoms with Crippen molar-refractivity contribution in [3.63, 3.8) is 0 Å². The van der Waals surface area contributed by atoms with Gasteiger partial charge < -0.3 is 30.1 Å². The molecule has 2 aliphatic rings. The molecule has 1 fully saturated rings.